The van der Waals surface area contributed by atoms with Crippen LogP contribution in [0.1, 0.15) is 23.7 Å². The quantitative estimate of drug-likeness (QED) is 0.901. The van der Waals surface area contributed by atoms with E-state index in [0.717, 1.165) is 30.8 Å². The third kappa shape index (κ3) is 3.09. The Morgan fingerprint density at radius 2 is 2.11 bits per heavy atom. The summed E-state index contributed by atoms with van der Waals surface area (Å²) in [6.07, 6.45) is 6.43. The zero-order valence-electron chi connectivity index (χ0n) is 10.7. The molecule has 0 aromatic carbocycles. The predicted octanol–water partition coefficient (Wildman–Crippen LogP) is 2.32. The molecule has 96 valence electrons. The second-order valence-electron chi connectivity index (χ2n) is 4.20. The van der Waals surface area contributed by atoms with Crippen LogP contribution in [0.4, 0.5) is 0 Å². The van der Waals surface area contributed by atoms with Crippen LogP contribution < -0.4 is 5.32 Å². The van der Waals surface area contributed by atoms with E-state index in [1.54, 1.807) is 12.4 Å². The Balaban J connectivity index is 1.94. The number of rotatable bonds is 5. The summed E-state index contributed by atoms with van der Waals surface area (Å²) in [6, 6.07) is 1.93. The van der Waals surface area contributed by atoms with Gasteiger partial charge in [-0.05, 0) is 18.1 Å². The zero-order valence-corrected chi connectivity index (χ0v) is 11.4. The monoisotopic (exact) mass is 264 g/mol. The highest BCUT2D eigenvalue weighted by Crippen LogP contribution is 2.13. The van der Waals surface area contributed by atoms with Gasteiger partial charge in [-0.3, -0.25) is 9.67 Å². The molecule has 5 heteroatoms. The molecule has 0 saturated heterocycles. The zero-order chi connectivity index (χ0) is 13.0. The van der Waals surface area contributed by atoms with E-state index in [1.807, 2.05) is 17.8 Å². The summed E-state index contributed by atoms with van der Waals surface area (Å²) in [7, 11) is 1.95. The van der Waals surface area contributed by atoms with Crippen LogP contribution in [0.5, 0.6) is 0 Å². The maximum Gasteiger partial charge on any atom is 0.0666 e. The molecule has 0 atom stereocenters. The van der Waals surface area contributed by atoms with E-state index in [4.69, 9.17) is 11.6 Å². The molecule has 0 aliphatic rings. The van der Waals surface area contributed by atoms with E-state index >= 15 is 0 Å². The third-order valence-electron chi connectivity index (χ3n) is 2.81. The Bertz CT molecular complexity index is 521. The van der Waals surface area contributed by atoms with Crippen LogP contribution in [0.15, 0.2) is 24.7 Å². The number of pyridine rings is 1. The molecular weight excluding hydrogens is 248 g/mol. The fourth-order valence-electron chi connectivity index (χ4n) is 1.91. The van der Waals surface area contributed by atoms with Crippen molar-refractivity contribution < 1.29 is 0 Å². The van der Waals surface area contributed by atoms with Gasteiger partial charge >= 0.3 is 0 Å². The van der Waals surface area contributed by atoms with Crippen molar-refractivity contribution in [2.24, 2.45) is 7.05 Å². The highest BCUT2D eigenvalue weighted by Gasteiger charge is 2.05. The molecule has 0 saturated carbocycles. The highest BCUT2D eigenvalue weighted by atomic mass is 35.5. The number of hydrogen-bond donors (Lipinski definition) is 1. The van der Waals surface area contributed by atoms with Crippen LogP contribution in [0.25, 0.3) is 0 Å². The minimum absolute atomic E-state index is 0.701. The number of aromatic nitrogens is 3. The van der Waals surface area contributed by atoms with Gasteiger partial charge < -0.3 is 5.32 Å². The van der Waals surface area contributed by atoms with Crippen LogP contribution in [-0.2, 0) is 26.6 Å². The van der Waals surface area contributed by atoms with Gasteiger partial charge in [-0.25, -0.2) is 0 Å². The number of nitrogens with zero attached hydrogens (tertiary/aromatic N) is 3. The van der Waals surface area contributed by atoms with Crippen molar-refractivity contribution in [3.05, 3.63) is 46.5 Å². The van der Waals surface area contributed by atoms with Crippen LogP contribution in [0.2, 0.25) is 5.02 Å². The lowest BCUT2D eigenvalue weighted by atomic mass is 10.2. The second-order valence-corrected chi connectivity index (χ2v) is 4.61. The average Bonchev–Trinajstić information content (AvgIpc) is 2.72. The van der Waals surface area contributed by atoms with E-state index in [9.17, 15) is 0 Å². The van der Waals surface area contributed by atoms with E-state index in [0.29, 0.717) is 5.02 Å². The molecule has 2 aromatic heterocycles. The molecule has 0 aliphatic heterocycles. The maximum absolute atomic E-state index is 6.05. The minimum atomic E-state index is 0.701. The Labute approximate surface area is 112 Å². The molecule has 1 N–H and O–H groups in total. The van der Waals surface area contributed by atoms with Gasteiger partial charge in [0.2, 0.25) is 0 Å². The lowest BCUT2D eigenvalue weighted by Gasteiger charge is -2.05. The van der Waals surface area contributed by atoms with Crippen LogP contribution in [0.3, 0.4) is 0 Å². The number of hydrogen-bond acceptors (Lipinski definition) is 3. The minimum Gasteiger partial charge on any atom is -0.308 e. The first-order valence-electron chi connectivity index (χ1n) is 6.01. The SMILES string of the molecule is CCc1nn(C)cc1CNCc1ccncc1Cl. The van der Waals surface area contributed by atoms with Crippen molar-refractivity contribution in [1.82, 2.24) is 20.1 Å². The molecular formula is C13H17ClN4. The fraction of sp³-hybridized carbons (Fsp3) is 0.385. The standard InChI is InChI=1S/C13H17ClN4/c1-3-13-11(9-18(2)17-13)7-16-6-10-4-5-15-8-12(10)14/h4-5,8-9,16H,3,6-7H2,1-2H3. The van der Waals surface area contributed by atoms with Crippen molar-refractivity contribution in [3.8, 4) is 0 Å². The molecule has 2 heterocycles. The van der Waals surface area contributed by atoms with Crippen molar-refractivity contribution in [1.29, 1.82) is 0 Å². The van der Waals surface area contributed by atoms with Crippen LogP contribution in [-0.4, -0.2) is 14.8 Å². The average molecular weight is 265 g/mol. The molecule has 2 aromatic rings. The molecule has 0 aliphatic carbocycles. The number of aryl methyl sites for hydroxylation is 2. The summed E-state index contributed by atoms with van der Waals surface area (Å²) in [6.45, 7) is 3.65. The molecule has 0 fully saturated rings. The number of halogens is 1. The van der Waals surface area contributed by atoms with E-state index in [2.05, 4.69) is 28.5 Å². The normalized spacial score (nSPS) is 10.8. The predicted molar refractivity (Wildman–Crippen MR) is 72.4 cm³/mol. The van der Waals surface area contributed by atoms with Crippen LogP contribution in [0, 0.1) is 0 Å². The summed E-state index contributed by atoms with van der Waals surface area (Å²) in [4.78, 5) is 3.97. The van der Waals surface area contributed by atoms with Crippen molar-refractivity contribution in [2.45, 2.75) is 26.4 Å². The summed E-state index contributed by atoms with van der Waals surface area (Å²) in [5, 5.41) is 8.50. The Morgan fingerprint density at radius 3 is 2.83 bits per heavy atom. The topological polar surface area (TPSA) is 42.7 Å². The Hall–Kier alpha value is -1.39. The third-order valence-corrected chi connectivity index (χ3v) is 3.15. The van der Waals surface area contributed by atoms with E-state index < -0.39 is 0 Å². The molecule has 0 bridgehead atoms. The molecule has 0 amide bonds. The lowest BCUT2D eigenvalue weighted by molar-refractivity contribution is 0.687. The van der Waals surface area contributed by atoms with Gasteiger partial charge in [0.05, 0.1) is 10.7 Å². The molecule has 0 spiro atoms. The van der Waals surface area contributed by atoms with Crippen LogP contribution >= 0.6 is 11.6 Å². The molecule has 0 radical (unpaired) electrons. The first kappa shape index (κ1) is 13.1. The van der Waals surface area contributed by atoms with Gasteiger partial charge in [0.25, 0.3) is 0 Å². The smallest absolute Gasteiger partial charge is 0.0666 e. The first-order chi connectivity index (χ1) is 8.70. The van der Waals surface area contributed by atoms with Crippen molar-refractivity contribution in [2.75, 3.05) is 0 Å². The fourth-order valence-corrected chi connectivity index (χ4v) is 2.09. The summed E-state index contributed by atoms with van der Waals surface area (Å²) in [5.74, 6) is 0. The summed E-state index contributed by atoms with van der Waals surface area (Å²) >= 11 is 6.05. The largest absolute Gasteiger partial charge is 0.308 e. The highest BCUT2D eigenvalue weighted by molar-refractivity contribution is 6.31. The lowest BCUT2D eigenvalue weighted by Crippen LogP contribution is -2.13. The molecule has 2 rings (SSSR count). The van der Waals surface area contributed by atoms with Gasteiger partial charge in [0.15, 0.2) is 0 Å². The molecule has 18 heavy (non-hydrogen) atoms. The Kier molecular flexibility index (Phi) is 4.33. The molecule has 0 unspecified atom stereocenters. The number of nitrogens with one attached hydrogen (secondary N) is 1. The van der Waals surface area contributed by atoms with Crippen molar-refractivity contribution in [3.63, 3.8) is 0 Å². The maximum atomic E-state index is 6.05. The van der Waals surface area contributed by atoms with E-state index in [-0.39, 0.29) is 0 Å². The van der Waals surface area contributed by atoms with Gasteiger partial charge in [0, 0.05) is 44.3 Å². The summed E-state index contributed by atoms with van der Waals surface area (Å²) < 4.78 is 1.86. The summed E-state index contributed by atoms with van der Waals surface area (Å²) in [5.41, 5.74) is 3.45. The van der Waals surface area contributed by atoms with Gasteiger partial charge in [-0.1, -0.05) is 18.5 Å². The van der Waals surface area contributed by atoms with Gasteiger partial charge in [-0.2, -0.15) is 5.10 Å². The van der Waals surface area contributed by atoms with Crippen molar-refractivity contribution >= 4 is 11.6 Å². The molecule has 4 nitrogen and oxygen atoms in total. The van der Waals surface area contributed by atoms with Gasteiger partial charge in [-0.15, -0.1) is 0 Å². The first-order valence-corrected chi connectivity index (χ1v) is 6.39. The van der Waals surface area contributed by atoms with E-state index in [1.165, 1.54) is 5.56 Å². The second kappa shape index (κ2) is 5.98. The Morgan fingerprint density at radius 1 is 1.33 bits per heavy atom. The van der Waals surface area contributed by atoms with Gasteiger partial charge in [0.1, 0.15) is 0 Å².